The van der Waals surface area contributed by atoms with E-state index in [1.165, 1.54) is 11.8 Å². The SMILES string of the molecule is Cc1cc(C)n2nc(SCc3nnc(C(C)C)o3)nc2n1. The Labute approximate surface area is 126 Å². The molecule has 21 heavy (non-hydrogen) atoms. The molecule has 110 valence electrons. The second-order valence-electron chi connectivity index (χ2n) is 5.12. The van der Waals surface area contributed by atoms with Crippen LogP contribution in [-0.2, 0) is 5.75 Å². The first kappa shape index (κ1) is 14.0. The molecule has 7 nitrogen and oxygen atoms in total. The Morgan fingerprint density at radius 2 is 2.05 bits per heavy atom. The van der Waals surface area contributed by atoms with Gasteiger partial charge in [-0.2, -0.15) is 4.98 Å². The highest BCUT2D eigenvalue weighted by molar-refractivity contribution is 7.98. The van der Waals surface area contributed by atoms with Crippen LogP contribution in [0.1, 0.15) is 42.9 Å². The maximum Gasteiger partial charge on any atom is 0.253 e. The summed E-state index contributed by atoms with van der Waals surface area (Å²) in [5, 5.41) is 13.1. The molecule has 0 aliphatic carbocycles. The predicted molar refractivity (Wildman–Crippen MR) is 78.2 cm³/mol. The van der Waals surface area contributed by atoms with Crippen molar-refractivity contribution >= 4 is 17.5 Å². The van der Waals surface area contributed by atoms with Crippen LogP contribution in [0.3, 0.4) is 0 Å². The van der Waals surface area contributed by atoms with Crippen LogP contribution in [0.5, 0.6) is 0 Å². The van der Waals surface area contributed by atoms with E-state index in [1.807, 2.05) is 33.8 Å². The van der Waals surface area contributed by atoms with Gasteiger partial charge in [0, 0.05) is 17.3 Å². The fourth-order valence-corrected chi connectivity index (χ4v) is 2.55. The molecule has 0 unspecified atom stereocenters. The Balaban J connectivity index is 1.77. The molecule has 8 heteroatoms. The molecular formula is C13H16N6OS. The first-order chi connectivity index (χ1) is 10.0. The van der Waals surface area contributed by atoms with Crippen LogP contribution in [0.2, 0.25) is 0 Å². The molecule has 3 heterocycles. The van der Waals surface area contributed by atoms with Crippen LogP contribution in [0.25, 0.3) is 5.78 Å². The Kier molecular flexibility index (Phi) is 3.62. The summed E-state index contributed by atoms with van der Waals surface area (Å²) in [6.45, 7) is 7.97. The van der Waals surface area contributed by atoms with Gasteiger partial charge in [0.2, 0.25) is 16.9 Å². The maximum atomic E-state index is 5.56. The van der Waals surface area contributed by atoms with E-state index in [-0.39, 0.29) is 5.92 Å². The van der Waals surface area contributed by atoms with E-state index in [0.717, 1.165) is 11.4 Å². The number of aromatic nitrogens is 6. The van der Waals surface area contributed by atoms with E-state index in [0.29, 0.717) is 28.5 Å². The average Bonchev–Trinajstić information content (AvgIpc) is 3.02. The highest BCUT2D eigenvalue weighted by Crippen LogP contribution is 2.21. The molecule has 0 fully saturated rings. The predicted octanol–water partition coefficient (Wildman–Crippen LogP) is 2.54. The lowest BCUT2D eigenvalue weighted by Gasteiger charge is -1.97. The van der Waals surface area contributed by atoms with Crippen LogP contribution in [0.15, 0.2) is 15.6 Å². The lowest BCUT2D eigenvalue weighted by molar-refractivity contribution is 0.445. The van der Waals surface area contributed by atoms with Gasteiger partial charge in [0.05, 0.1) is 5.75 Å². The van der Waals surface area contributed by atoms with Gasteiger partial charge in [-0.15, -0.1) is 15.3 Å². The van der Waals surface area contributed by atoms with Gasteiger partial charge in [-0.1, -0.05) is 25.6 Å². The summed E-state index contributed by atoms with van der Waals surface area (Å²) in [4.78, 5) is 8.77. The highest BCUT2D eigenvalue weighted by atomic mass is 32.2. The first-order valence-electron chi connectivity index (χ1n) is 6.69. The van der Waals surface area contributed by atoms with Crippen LogP contribution < -0.4 is 0 Å². The van der Waals surface area contributed by atoms with Gasteiger partial charge in [-0.25, -0.2) is 9.50 Å². The van der Waals surface area contributed by atoms with Gasteiger partial charge in [-0.05, 0) is 19.9 Å². The van der Waals surface area contributed by atoms with Gasteiger partial charge in [0.1, 0.15) is 0 Å². The number of hydrogen-bond donors (Lipinski definition) is 0. The van der Waals surface area contributed by atoms with Crippen molar-refractivity contribution in [2.24, 2.45) is 0 Å². The molecule has 0 saturated heterocycles. The van der Waals surface area contributed by atoms with Crippen molar-refractivity contribution in [3.63, 3.8) is 0 Å². The summed E-state index contributed by atoms with van der Waals surface area (Å²) < 4.78 is 7.30. The quantitative estimate of drug-likeness (QED) is 0.685. The van der Waals surface area contributed by atoms with Crippen molar-refractivity contribution in [1.82, 2.24) is 29.8 Å². The second-order valence-corrected chi connectivity index (χ2v) is 6.06. The molecule has 3 aromatic heterocycles. The molecule has 0 bridgehead atoms. The molecule has 0 saturated carbocycles. The van der Waals surface area contributed by atoms with Crippen molar-refractivity contribution in [3.8, 4) is 0 Å². The van der Waals surface area contributed by atoms with Gasteiger partial charge < -0.3 is 4.42 Å². The third kappa shape index (κ3) is 2.90. The van der Waals surface area contributed by atoms with Gasteiger partial charge >= 0.3 is 0 Å². The van der Waals surface area contributed by atoms with E-state index in [2.05, 4.69) is 25.3 Å². The minimum Gasteiger partial charge on any atom is -0.424 e. The molecule has 0 aliphatic heterocycles. The number of nitrogens with zero attached hydrogens (tertiary/aromatic N) is 6. The van der Waals surface area contributed by atoms with Crippen LogP contribution in [0, 0.1) is 13.8 Å². The summed E-state index contributed by atoms with van der Waals surface area (Å²) >= 11 is 1.46. The number of rotatable bonds is 4. The number of hydrogen-bond acceptors (Lipinski definition) is 7. The molecule has 0 aliphatic rings. The lowest BCUT2D eigenvalue weighted by Crippen LogP contribution is -1.97. The molecule has 0 atom stereocenters. The van der Waals surface area contributed by atoms with Crippen molar-refractivity contribution in [2.75, 3.05) is 0 Å². The fourth-order valence-electron chi connectivity index (χ4n) is 1.89. The average molecular weight is 304 g/mol. The molecular weight excluding hydrogens is 288 g/mol. The van der Waals surface area contributed by atoms with E-state index >= 15 is 0 Å². The lowest BCUT2D eigenvalue weighted by atomic mass is 10.2. The Morgan fingerprint density at radius 3 is 2.76 bits per heavy atom. The normalized spacial score (nSPS) is 11.7. The Morgan fingerprint density at radius 1 is 1.24 bits per heavy atom. The zero-order valence-corrected chi connectivity index (χ0v) is 13.2. The van der Waals surface area contributed by atoms with Crippen LogP contribution in [0.4, 0.5) is 0 Å². The Hall–Kier alpha value is -1.96. The first-order valence-corrected chi connectivity index (χ1v) is 7.67. The summed E-state index contributed by atoms with van der Waals surface area (Å²) in [5.41, 5.74) is 1.94. The van der Waals surface area contributed by atoms with E-state index in [1.54, 1.807) is 4.52 Å². The van der Waals surface area contributed by atoms with Crippen LogP contribution >= 0.6 is 11.8 Å². The van der Waals surface area contributed by atoms with Gasteiger partial charge in [-0.3, -0.25) is 0 Å². The maximum absolute atomic E-state index is 5.56. The smallest absolute Gasteiger partial charge is 0.253 e. The molecule has 0 aromatic carbocycles. The molecule has 3 aromatic rings. The number of aryl methyl sites for hydroxylation is 2. The number of thioether (sulfide) groups is 1. The topological polar surface area (TPSA) is 82.0 Å². The third-order valence-electron chi connectivity index (χ3n) is 2.90. The third-order valence-corrected chi connectivity index (χ3v) is 3.72. The monoisotopic (exact) mass is 304 g/mol. The zero-order chi connectivity index (χ0) is 15.0. The highest BCUT2D eigenvalue weighted by Gasteiger charge is 2.12. The van der Waals surface area contributed by atoms with Crippen LogP contribution in [-0.4, -0.2) is 29.8 Å². The molecule has 3 rings (SSSR count). The zero-order valence-electron chi connectivity index (χ0n) is 12.4. The molecule has 0 N–H and O–H groups in total. The minimum absolute atomic E-state index is 0.236. The fraction of sp³-hybridized carbons (Fsp3) is 0.462. The standard InChI is InChI=1S/C13H16N6OS/c1-7(2)11-17-16-10(20-11)6-21-13-15-12-14-8(3)5-9(4)19(12)18-13/h5,7H,6H2,1-4H3. The van der Waals surface area contributed by atoms with Gasteiger partial charge in [0.15, 0.2) is 0 Å². The minimum atomic E-state index is 0.236. The van der Waals surface area contributed by atoms with Crippen molar-refractivity contribution in [2.45, 2.75) is 44.5 Å². The largest absolute Gasteiger partial charge is 0.424 e. The summed E-state index contributed by atoms with van der Waals surface area (Å²) in [6, 6.07) is 1.98. The molecule has 0 amide bonds. The summed E-state index contributed by atoms with van der Waals surface area (Å²) in [7, 11) is 0. The molecule has 0 spiro atoms. The van der Waals surface area contributed by atoms with E-state index < -0.39 is 0 Å². The van der Waals surface area contributed by atoms with Gasteiger partial charge in [0.25, 0.3) is 5.78 Å². The summed E-state index contributed by atoms with van der Waals surface area (Å²) in [6.07, 6.45) is 0. The van der Waals surface area contributed by atoms with E-state index in [4.69, 9.17) is 4.42 Å². The van der Waals surface area contributed by atoms with Crippen molar-refractivity contribution in [1.29, 1.82) is 0 Å². The second kappa shape index (κ2) is 5.44. The number of fused-ring (bicyclic) bond motifs is 1. The van der Waals surface area contributed by atoms with Crippen molar-refractivity contribution in [3.05, 3.63) is 29.2 Å². The molecule has 0 radical (unpaired) electrons. The van der Waals surface area contributed by atoms with Crippen molar-refractivity contribution < 1.29 is 4.42 Å². The summed E-state index contributed by atoms with van der Waals surface area (Å²) in [5.74, 6) is 2.64. The van der Waals surface area contributed by atoms with E-state index in [9.17, 15) is 0 Å². The Bertz CT molecular complexity index is 778.